The van der Waals surface area contributed by atoms with E-state index in [2.05, 4.69) is 11.8 Å². The van der Waals surface area contributed by atoms with Crippen molar-refractivity contribution in [2.75, 3.05) is 19.3 Å². The summed E-state index contributed by atoms with van der Waals surface area (Å²) < 4.78 is 24.6. The lowest BCUT2D eigenvalue weighted by atomic mass is 10.1. The van der Waals surface area contributed by atoms with Gasteiger partial charge in [-0.05, 0) is 24.6 Å². The topological polar surface area (TPSA) is 63.4 Å². The van der Waals surface area contributed by atoms with Gasteiger partial charge in [-0.1, -0.05) is 24.0 Å². The van der Waals surface area contributed by atoms with Crippen LogP contribution in [0.15, 0.2) is 24.3 Å². The lowest BCUT2D eigenvalue weighted by Crippen LogP contribution is -2.27. The maximum Gasteiger partial charge on any atom is 0.213 e. The number of sulfonamides is 1. The summed E-state index contributed by atoms with van der Waals surface area (Å²) in [5.74, 6) is 5.81. The second-order valence-corrected chi connectivity index (χ2v) is 6.23. The van der Waals surface area contributed by atoms with Crippen LogP contribution in [0.3, 0.4) is 0 Å². The summed E-state index contributed by atoms with van der Waals surface area (Å²) in [7, 11) is -1.57. The average molecular weight is 266 g/mol. The van der Waals surface area contributed by atoms with Gasteiger partial charge in [-0.15, -0.1) is 0 Å². The van der Waals surface area contributed by atoms with Gasteiger partial charge in [0.15, 0.2) is 0 Å². The lowest BCUT2D eigenvalue weighted by Gasteiger charge is -2.15. The Labute approximate surface area is 109 Å². The van der Waals surface area contributed by atoms with Gasteiger partial charge in [-0.3, -0.25) is 0 Å². The van der Waals surface area contributed by atoms with Crippen LogP contribution in [0.2, 0.25) is 0 Å². The highest BCUT2D eigenvalue weighted by Crippen LogP contribution is 2.09. The molecule has 0 aliphatic heterocycles. The van der Waals surface area contributed by atoms with Gasteiger partial charge >= 0.3 is 0 Å². The minimum atomic E-state index is -3.15. The predicted molar refractivity (Wildman–Crippen MR) is 73.3 cm³/mol. The fourth-order valence-corrected chi connectivity index (χ4v) is 2.26. The largest absolute Gasteiger partial charge is 0.320 e. The van der Waals surface area contributed by atoms with E-state index in [9.17, 15) is 8.42 Å². The zero-order chi connectivity index (χ0) is 13.6. The van der Waals surface area contributed by atoms with Crippen molar-refractivity contribution in [2.24, 2.45) is 5.73 Å². The summed E-state index contributed by atoms with van der Waals surface area (Å²) in [6.45, 7) is 2.30. The number of nitrogens with two attached hydrogens (primary N) is 1. The molecule has 1 aromatic rings. The van der Waals surface area contributed by atoms with Crippen molar-refractivity contribution in [2.45, 2.75) is 13.5 Å². The molecule has 0 radical (unpaired) electrons. The Balaban J connectivity index is 2.86. The maximum absolute atomic E-state index is 11.6. The predicted octanol–water partition coefficient (Wildman–Crippen LogP) is 0.778. The quantitative estimate of drug-likeness (QED) is 0.819. The van der Waals surface area contributed by atoms with Crippen molar-refractivity contribution in [3.8, 4) is 11.8 Å². The van der Waals surface area contributed by atoms with Gasteiger partial charge in [-0.25, -0.2) is 12.7 Å². The summed E-state index contributed by atoms with van der Waals surface area (Å²) in [5.41, 5.74) is 7.07. The summed E-state index contributed by atoms with van der Waals surface area (Å²) in [4.78, 5) is 0. The molecule has 0 amide bonds. The molecule has 0 heterocycles. The second-order valence-electron chi connectivity index (χ2n) is 3.86. The zero-order valence-corrected chi connectivity index (χ0v) is 11.5. The Bertz CT molecular complexity index is 556. The molecule has 0 spiro atoms. The van der Waals surface area contributed by atoms with E-state index in [-0.39, 0.29) is 5.75 Å². The molecule has 0 aliphatic carbocycles. The lowest BCUT2D eigenvalue weighted by molar-refractivity contribution is 0.468. The fourth-order valence-electron chi connectivity index (χ4n) is 1.48. The molecule has 1 aromatic carbocycles. The van der Waals surface area contributed by atoms with Crippen LogP contribution < -0.4 is 5.73 Å². The van der Waals surface area contributed by atoms with E-state index < -0.39 is 10.0 Å². The average Bonchev–Trinajstić information content (AvgIpc) is 2.36. The molecule has 0 aliphatic rings. The van der Waals surface area contributed by atoms with E-state index in [1.54, 1.807) is 14.0 Å². The summed E-state index contributed by atoms with van der Waals surface area (Å²) >= 11 is 0. The van der Waals surface area contributed by atoms with Crippen LogP contribution in [0.25, 0.3) is 0 Å². The van der Waals surface area contributed by atoms with Crippen LogP contribution in [-0.2, 0) is 16.6 Å². The van der Waals surface area contributed by atoms with Gasteiger partial charge in [0.05, 0.1) is 12.3 Å². The van der Waals surface area contributed by atoms with Crippen molar-refractivity contribution in [1.82, 2.24) is 4.31 Å². The summed E-state index contributed by atoms with van der Waals surface area (Å²) in [6.07, 6.45) is 0. The normalized spacial score (nSPS) is 11.1. The molecule has 0 saturated carbocycles. The fraction of sp³-hybridized carbons (Fsp3) is 0.385. The molecule has 98 valence electrons. The van der Waals surface area contributed by atoms with Crippen molar-refractivity contribution < 1.29 is 8.42 Å². The van der Waals surface area contributed by atoms with Gasteiger partial charge in [0.2, 0.25) is 10.0 Å². The van der Waals surface area contributed by atoms with Gasteiger partial charge < -0.3 is 5.73 Å². The molecule has 4 nitrogen and oxygen atoms in total. The minimum absolute atomic E-state index is 0.107. The van der Waals surface area contributed by atoms with E-state index in [0.29, 0.717) is 13.1 Å². The van der Waals surface area contributed by atoms with Crippen molar-refractivity contribution in [3.63, 3.8) is 0 Å². The molecular formula is C13H18N2O2S. The minimum Gasteiger partial charge on any atom is -0.320 e. The molecule has 0 unspecified atom stereocenters. The second kappa shape index (κ2) is 6.55. The van der Waals surface area contributed by atoms with Gasteiger partial charge in [0.25, 0.3) is 0 Å². The zero-order valence-electron chi connectivity index (χ0n) is 10.7. The van der Waals surface area contributed by atoms with Crippen LogP contribution in [0.1, 0.15) is 18.1 Å². The van der Waals surface area contributed by atoms with Gasteiger partial charge in [0, 0.05) is 19.2 Å². The van der Waals surface area contributed by atoms with Gasteiger partial charge in [-0.2, -0.15) is 0 Å². The molecule has 5 heteroatoms. The Hall–Kier alpha value is -1.35. The highest BCUT2D eigenvalue weighted by Gasteiger charge is 2.14. The number of benzene rings is 1. The Morgan fingerprint density at radius 3 is 2.72 bits per heavy atom. The standard InChI is InChI=1S/C13H18N2O2S/c1-3-18(16,17)15(2)11-13-7-4-6-12(10-13)8-5-9-14/h4,6-7,10H,3,9,11,14H2,1-2H3. The van der Waals surface area contributed by atoms with Crippen LogP contribution >= 0.6 is 0 Å². The van der Waals surface area contributed by atoms with E-state index in [0.717, 1.165) is 11.1 Å². The van der Waals surface area contributed by atoms with Crippen LogP contribution in [0.5, 0.6) is 0 Å². The van der Waals surface area contributed by atoms with E-state index in [1.807, 2.05) is 24.3 Å². The third-order valence-electron chi connectivity index (χ3n) is 2.51. The van der Waals surface area contributed by atoms with Crippen molar-refractivity contribution >= 4 is 10.0 Å². The molecule has 0 saturated heterocycles. The SMILES string of the molecule is CCS(=O)(=O)N(C)Cc1cccc(C#CCN)c1. The summed E-state index contributed by atoms with van der Waals surface area (Å²) in [6, 6.07) is 7.50. The first-order chi connectivity index (χ1) is 8.49. The highest BCUT2D eigenvalue weighted by atomic mass is 32.2. The molecule has 0 atom stereocenters. The van der Waals surface area contributed by atoms with Crippen LogP contribution in [0, 0.1) is 11.8 Å². The van der Waals surface area contributed by atoms with Crippen LogP contribution in [0.4, 0.5) is 0 Å². The van der Waals surface area contributed by atoms with E-state index in [1.165, 1.54) is 4.31 Å². The molecule has 2 N–H and O–H groups in total. The smallest absolute Gasteiger partial charge is 0.213 e. The highest BCUT2D eigenvalue weighted by molar-refractivity contribution is 7.89. The van der Waals surface area contributed by atoms with E-state index in [4.69, 9.17) is 5.73 Å². The van der Waals surface area contributed by atoms with E-state index >= 15 is 0 Å². The monoisotopic (exact) mass is 266 g/mol. The summed E-state index contributed by atoms with van der Waals surface area (Å²) in [5, 5.41) is 0. The first-order valence-electron chi connectivity index (χ1n) is 5.71. The van der Waals surface area contributed by atoms with Crippen molar-refractivity contribution in [3.05, 3.63) is 35.4 Å². The maximum atomic E-state index is 11.6. The third kappa shape index (κ3) is 4.15. The number of hydrogen-bond acceptors (Lipinski definition) is 3. The number of nitrogens with zero attached hydrogens (tertiary/aromatic N) is 1. The molecule has 0 fully saturated rings. The number of hydrogen-bond donors (Lipinski definition) is 1. The molecule has 0 aromatic heterocycles. The third-order valence-corrected chi connectivity index (χ3v) is 4.32. The Kier molecular flexibility index (Phi) is 5.35. The number of rotatable bonds is 4. The molecule has 1 rings (SSSR count). The molecule has 0 bridgehead atoms. The molecule has 18 heavy (non-hydrogen) atoms. The van der Waals surface area contributed by atoms with Gasteiger partial charge in [0.1, 0.15) is 0 Å². The Morgan fingerprint density at radius 1 is 1.39 bits per heavy atom. The molecular weight excluding hydrogens is 248 g/mol. The Morgan fingerprint density at radius 2 is 2.11 bits per heavy atom. The van der Waals surface area contributed by atoms with Crippen LogP contribution in [-0.4, -0.2) is 32.1 Å². The first-order valence-corrected chi connectivity index (χ1v) is 7.32. The first kappa shape index (κ1) is 14.7. The van der Waals surface area contributed by atoms with Crippen molar-refractivity contribution in [1.29, 1.82) is 0 Å².